The molecule has 1 aliphatic rings. The SMILES string of the molecule is CC[C@@H](C)NC(=O)[C@H](Cc1ccccc1)N(Cc1cccc(Br)c1)C(=O)CN1C(=O)c2ccccc2S1(=O)=O. The molecular weight excluding hydrogens is 582 g/mol. The lowest BCUT2D eigenvalue weighted by atomic mass is 10.0. The summed E-state index contributed by atoms with van der Waals surface area (Å²) in [5, 5.41) is 2.97. The molecule has 3 aromatic rings. The zero-order chi connectivity index (χ0) is 28.2. The summed E-state index contributed by atoms with van der Waals surface area (Å²) in [5.41, 5.74) is 1.61. The quantitative estimate of drug-likeness (QED) is 0.371. The van der Waals surface area contributed by atoms with E-state index in [0.717, 1.165) is 15.6 Å². The number of nitrogens with zero attached hydrogens (tertiary/aromatic N) is 2. The number of carbonyl (C=O) groups excluding carboxylic acids is 3. The average Bonchev–Trinajstić information content (AvgIpc) is 3.11. The molecule has 0 aliphatic carbocycles. The molecule has 2 atom stereocenters. The summed E-state index contributed by atoms with van der Waals surface area (Å²) in [5.74, 6) is -1.76. The molecule has 0 bridgehead atoms. The predicted molar refractivity (Wildman–Crippen MR) is 151 cm³/mol. The van der Waals surface area contributed by atoms with Gasteiger partial charge in [-0.25, -0.2) is 12.7 Å². The minimum atomic E-state index is -4.20. The Kier molecular flexibility index (Phi) is 8.87. The molecule has 0 saturated carbocycles. The Labute approximate surface area is 237 Å². The van der Waals surface area contributed by atoms with Crippen molar-refractivity contribution in [2.24, 2.45) is 0 Å². The van der Waals surface area contributed by atoms with Gasteiger partial charge in [-0.1, -0.05) is 77.5 Å². The van der Waals surface area contributed by atoms with E-state index in [-0.39, 0.29) is 35.4 Å². The van der Waals surface area contributed by atoms with Gasteiger partial charge in [0.15, 0.2) is 0 Å². The van der Waals surface area contributed by atoms with Crippen molar-refractivity contribution >= 4 is 43.7 Å². The Morgan fingerprint density at radius 1 is 0.974 bits per heavy atom. The van der Waals surface area contributed by atoms with E-state index in [4.69, 9.17) is 0 Å². The Morgan fingerprint density at radius 2 is 1.64 bits per heavy atom. The smallest absolute Gasteiger partial charge is 0.269 e. The van der Waals surface area contributed by atoms with E-state index in [0.29, 0.717) is 10.7 Å². The second kappa shape index (κ2) is 12.1. The Balaban J connectivity index is 1.72. The number of halogens is 1. The van der Waals surface area contributed by atoms with Crippen LogP contribution in [0.15, 0.2) is 88.2 Å². The fourth-order valence-electron chi connectivity index (χ4n) is 4.43. The predicted octanol–water partition coefficient (Wildman–Crippen LogP) is 4.15. The van der Waals surface area contributed by atoms with Gasteiger partial charge >= 0.3 is 0 Å². The van der Waals surface area contributed by atoms with Gasteiger partial charge in [-0.2, -0.15) is 0 Å². The van der Waals surface area contributed by atoms with E-state index in [1.54, 1.807) is 6.07 Å². The van der Waals surface area contributed by atoms with E-state index in [1.807, 2.05) is 68.4 Å². The van der Waals surface area contributed by atoms with Crippen LogP contribution in [0.1, 0.15) is 41.8 Å². The largest absolute Gasteiger partial charge is 0.352 e. The lowest BCUT2D eigenvalue weighted by Crippen LogP contribution is -2.54. The molecule has 204 valence electrons. The van der Waals surface area contributed by atoms with E-state index >= 15 is 0 Å². The van der Waals surface area contributed by atoms with Gasteiger partial charge in [0.2, 0.25) is 11.8 Å². The molecule has 3 aromatic carbocycles. The number of sulfonamides is 1. The van der Waals surface area contributed by atoms with Gasteiger partial charge in [-0.05, 0) is 48.7 Å². The Morgan fingerprint density at radius 3 is 2.31 bits per heavy atom. The molecular formula is C29H30BrN3O5S. The third-order valence-corrected chi connectivity index (χ3v) is 8.99. The second-order valence-electron chi connectivity index (χ2n) is 9.49. The van der Waals surface area contributed by atoms with Crippen molar-refractivity contribution in [2.75, 3.05) is 6.54 Å². The number of hydrogen-bond acceptors (Lipinski definition) is 5. The zero-order valence-electron chi connectivity index (χ0n) is 21.7. The first-order valence-electron chi connectivity index (χ1n) is 12.7. The summed E-state index contributed by atoms with van der Waals surface area (Å²) >= 11 is 3.45. The molecule has 0 saturated heterocycles. The number of fused-ring (bicyclic) bond motifs is 1. The first-order chi connectivity index (χ1) is 18.6. The summed E-state index contributed by atoms with van der Waals surface area (Å²) in [6, 6.07) is 21.4. The van der Waals surface area contributed by atoms with Gasteiger partial charge in [0.25, 0.3) is 15.9 Å². The summed E-state index contributed by atoms with van der Waals surface area (Å²) < 4.78 is 27.8. The van der Waals surface area contributed by atoms with Crippen molar-refractivity contribution < 1.29 is 22.8 Å². The third kappa shape index (κ3) is 6.39. The van der Waals surface area contributed by atoms with Crippen molar-refractivity contribution in [3.8, 4) is 0 Å². The van der Waals surface area contributed by atoms with E-state index < -0.39 is 34.4 Å². The maximum atomic E-state index is 13.9. The summed E-state index contributed by atoms with van der Waals surface area (Å²) in [7, 11) is -4.20. The van der Waals surface area contributed by atoms with E-state index in [2.05, 4.69) is 21.2 Å². The minimum absolute atomic E-state index is 0.0270. The molecule has 10 heteroatoms. The highest BCUT2D eigenvalue weighted by molar-refractivity contribution is 9.10. The van der Waals surface area contributed by atoms with Gasteiger partial charge in [-0.3, -0.25) is 14.4 Å². The number of rotatable bonds is 10. The van der Waals surface area contributed by atoms with E-state index in [9.17, 15) is 22.8 Å². The van der Waals surface area contributed by atoms with Crippen LogP contribution in [0.2, 0.25) is 0 Å². The third-order valence-electron chi connectivity index (χ3n) is 6.70. The van der Waals surface area contributed by atoms with Gasteiger partial charge in [0.05, 0.1) is 5.56 Å². The maximum absolute atomic E-state index is 13.9. The van der Waals surface area contributed by atoms with Crippen LogP contribution in [-0.4, -0.2) is 54.0 Å². The topological polar surface area (TPSA) is 104 Å². The van der Waals surface area contributed by atoms with Gasteiger partial charge in [0.1, 0.15) is 17.5 Å². The molecule has 3 amide bonds. The highest BCUT2D eigenvalue weighted by Crippen LogP contribution is 2.30. The number of carbonyl (C=O) groups is 3. The molecule has 39 heavy (non-hydrogen) atoms. The Bertz CT molecular complexity index is 1480. The fourth-order valence-corrected chi connectivity index (χ4v) is 6.39. The highest BCUT2D eigenvalue weighted by Gasteiger charge is 2.43. The normalized spacial score (nSPS) is 15.4. The first-order valence-corrected chi connectivity index (χ1v) is 14.9. The molecule has 0 aromatic heterocycles. The summed E-state index contributed by atoms with van der Waals surface area (Å²) in [4.78, 5) is 41.8. The van der Waals surface area contributed by atoms with Gasteiger partial charge in [0, 0.05) is 23.5 Å². The van der Waals surface area contributed by atoms with Crippen LogP contribution in [0.25, 0.3) is 0 Å². The highest BCUT2D eigenvalue weighted by atomic mass is 79.9. The molecule has 8 nitrogen and oxygen atoms in total. The molecule has 0 spiro atoms. The fraction of sp³-hybridized carbons (Fsp3) is 0.276. The molecule has 4 rings (SSSR count). The average molecular weight is 613 g/mol. The second-order valence-corrected chi connectivity index (χ2v) is 12.2. The monoisotopic (exact) mass is 611 g/mol. The van der Waals surface area contributed by atoms with Crippen LogP contribution in [0.5, 0.6) is 0 Å². The van der Waals surface area contributed by atoms with E-state index in [1.165, 1.54) is 23.1 Å². The number of amides is 3. The van der Waals surface area contributed by atoms with Gasteiger partial charge < -0.3 is 10.2 Å². The van der Waals surface area contributed by atoms with Crippen molar-refractivity contribution in [1.29, 1.82) is 0 Å². The van der Waals surface area contributed by atoms with Gasteiger partial charge in [-0.15, -0.1) is 0 Å². The summed E-state index contributed by atoms with van der Waals surface area (Å²) in [6.45, 7) is 3.15. The molecule has 0 unspecified atom stereocenters. The number of hydrogen-bond donors (Lipinski definition) is 1. The van der Waals surface area contributed by atoms with Crippen LogP contribution in [0.4, 0.5) is 0 Å². The van der Waals surface area contributed by atoms with Crippen LogP contribution in [-0.2, 0) is 32.6 Å². The molecule has 0 fully saturated rings. The number of benzene rings is 3. The molecule has 1 aliphatic heterocycles. The molecule has 1 heterocycles. The standard InChI is InChI=1S/C29H30BrN3O5S/c1-3-20(2)31-28(35)25(17-21-10-5-4-6-11-21)32(18-22-12-9-13-23(30)16-22)27(34)19-33-29(36)24-14-7-8-15-26(24)39(33,37)38/h4-16,20,25H,3,17-19H2,1-2H3,(H,31,35)/t20-,25+/m1/s1. The summed E-state index contributed by atoms with van der Waals surface area (Å²) in [6.07, 6.45) is 0.909. The lowest BCUT2D eigenvalue weighted by Gasteiger charge is -2.33. The van der Waals surface area contributed by atoms with Crippen LogP contribution in [0.3, 0.4) is 0 Å². The van der Waals surface area contributed by atoms with Crippen LogP contribution >= 0.6 is 15.9 Å². The van der Waals surface area contributed by atoms with Crippen molar-refractivity contribution in [3.05, 3.63) is 100 Å². The van der Waals surface area contributed by atoms with Crippen molar-refractivity contribution in [3.63, 3.8) is 0 Å². The lowest BCUT2D eigenvalue weighted by molar-refractivity contribution is -0.141. The van der Waals surface area contributed by atoms with Crippen molar-refractivity contribution in [1.82, 2.24) is 14.5 Å². The number of nitrogens with one attached hydrogen (secondary N) is 1. The zero-order valence-corrected chi connectivity index (χ0v) is 24.1. The van der Waals surface area contributed by atoms with Crippen LogP contribution in [0, 0.1) is 0 Å². The molecule has 0 radical (unpaired) electrons. The maximum Gasteiger partial charge on any atom is 0.269 e. The van der Waals surface area contributed by atoms with Crippen LogP contribution < -0.4 is 5.32 Å². The molecule has 1 N–H and O–H groups in total. The van der Waals surface area contributed by atoms with Crippen molar-refractivity contribution in [2.45, 2.75) is 50.2 Å². The minimum Gasteiger partial charge on any atom is -0.352 e. The first kappa shape index (κ1) is 28.5. The Hall–Kier alpha value is -3.50.